The van der Waals surface area contributed by atoms with Gasteiger partial charge < -0.3 is 5.11 Å². The fourth-order valence-corrected chi connectivity index (χ4v) is 4.35. The lowest BCUT2D eigenvalue weighted by molar-refractivity contribution is 0.165. The lowest BCUT2D eigenvalue weighted by Gasteiger charge is -2.18. The Morgan fingerprint density at radius 1 is 1.10 bits per heavy atom. The molecule has 0 amide bonds. The molecule has 21 heavy (non-hydrogen) atoms. The van der Waals surface area contributed by atoms with Crippen LogP contribution in [0, 0.1) is 33.6 Å². The number of aliphatic hydroxyl groups excluding tert-OH is 1. The maximum Gasteiger partial charge on any atom is 0.241 e. The highest BCUT2D eigenvalue weighted by Gasteiger charge is 2.22. The van der Waals surface area contributed by atoms with Gasteiger partial charge in [0.15, 0.2) is 0 Å². The van der Waals surface area contributed by atoms with Crippen LogP contribution in [0.15, 0.2) is 11.0 Å². The molecule has 4 nitrogen and oxygen atoms in total. The molecule has 0 fully saturated rings. The Bertz CT molecular complexity index is 580. The van der Waals surface area contributed by atoms with Crippen molar-refractivity contribution in [2.24, 2.45) is 5.92 Å². The van der Waals surface area contributed by atoms with Crippen LogP contribution in [-0.2, 0) is 10.0 Å². The van der Waals surface area contributed by atoms with Crippen LogP contribution in [0.2, 0.25) is 0 Å². The molecule has 2 N–H and O–H groups in total. The number of hydrogen-bond donors (Lipinski definition) is 2. The van der Waals surface area contributed by atoms with Gasteiger partial charge >= 0.3 is 0 Å². The summed E-state index contributed by atoms with van der Waals surface area (Å²) < 4.78 is 27.9. The second kappa shape index (κ2) is 6.90. The van der Waals surface area contributed by atoms with Crippen LogP contribution in [0.5, 0.6) is 0 Å². The molecule has 0 bridgehead atoms. The van der Waals surface area contributed by atoms with Gasteiger partial charge in [-0.25, -0.2) is 13.1 Å². The Kier molecular flexibility index (Phi) is 5.96. The molecule has 0 aliphatic carbocycles. The van der Waals surface area contributed by atoms with E-state index in [0.717, 1.165) is 22.3 Å². The van der Waals surface area contributed by atoms with Crippen molar-refractivity contribution in [3.63, 3.8) is 0 Å². The molecule has 2 unspecified atom stereocenters. The number of nitrogens with one attached hydrogen (secondary N) is 1. The van der Waals surface area contributed by atoms with Crippen LogP contribution in [0.1, 0.15) is 42.5 Å². The molecular formula is C16H27NO3S. The molecule has 5 heteroatoms. The van der Waals surface area contributed by atoms with Crippen molar-refractivity contribution in [1.29, 1.82) is 0 Å². The molecule has 2 atom stereocenters. The van der Waals surface area contributed by atoms with E-state index in [9.17, 15) is 13.5 Å². The molecule has 0 aliphatic heterocycles. The quantitative estimate of drug-likeness (QED) is 0.848. The first-order chi connectivity index (χ1) is 9.56. The Morgan fingerprint density at radius 2 is 1.57 bits per heavy atom. The summed E-state index contributed by atoms with van der Waals surface area (Å²) >= 11 is 0. The fourth-order valence-electron chi connectivity index (χ4n) is 2.57. The maximum atomic E-state index is 12.6. The monoisotopic (exact) mass is 313 g/mol. The van der Waals surface area contributed by atoms with Gasteiger partial charge in [0.2, 0.25) is 10.0 Å². The van der Waals surface area contributed by atoms with Crippen molar-refractivity contribution in [1.82, 2.24) is 4.72 Å². The van der Waals surface area contributed by atoms with Crippen molar-refractivity contribution < 1.29 is 13.5 Å². The largest absolute Gasteiger partial charge is 0.393 e. The van der Waals surface area contributed by atoms with Crippen molar-refractivity contribution >= 4 is 10.0 Å². The first-order valence-electron chi connectivity index (χ1n) is 7.31. The number of hydrogen-bond acceptors (Lipinski definition) is 3. The van der Waals surface area contributed by atoms with Gasteiger partial charge in [-0.1, -0.05) is 13.0 Å². The number of aryl methyl sites for hydroxylation is 2. The van der Waals surface area contributed by atoms with Crippen LogP contribution in [0.25, 0.3) is 0 Å². The molecule has 1 aromatic carbocycles. The smallest absolute Gasteiger partial charge is 0.241 e. The molecule has 0 radical (unpaired) electrons. The Morgan fingerprint density at radius 3 is 2.00 bits per heavy atom. The van der Waals surface area contributed by atoms with Crippen LogP contribution in [0.3, 0.4) is 0 Å². The third kappa shape index (κ3) is 4.53. The van der Waals surface area contributed by atoms with Crippen LogP contribution < -0.4 is 4.72 Å². The fraction of sp³-hybridized carbons (Fsp3) is 0.625. The summed E-state index contributed by atoms with van der Waals surface area (Å²) in [5.74, 6) is 0.0892. The number of aliphatic hydroxyl groups is 1. The van der Waals surface area contributed by atoms with Gasteiger partial charge in [0.05, 0.1) is 11.0 Å². The average molecular weight is 313 g/mol. The van der Waals surface area contributed by atoms with E-state index in [1.807, 2.05) is 40.7 Å². The molecule has 0 saturated carbocycles. The summed E-state index contributed by atoms with van der Waals surface area (Å²) in [6.45, 7) is 11.5. The number of benzene rings is 1. The number of rotatable bonds is 6. The predicted molar refractivity (Wildman–Crippen MR) is 86.0 cm³/mol. The molecule has 120 valence electrons. The average Bonchev–Trinajstić information content (AvgIpc) is 2.33. The van der Waals surface area contributed by atoms with Gasteiger partial charge in [0.1, 0.15) is 0 Å². The molecule has 0 spiro atoms. The van der Waals surface area contributed by atoms with E-state index >= 15 is 0 Å². The summed E-state index contributed by atoms with van der Waals surface area (Å²) in [6, 6.07) is 2.01. The maximum absolute atomic E-state index is 12.6. The second-order valence-corrected chi connectivity index (χ2v) is 7.84. The van der Waals surface area contributed by atoms with Gasteiger partial charge in [-0.3, -0.25) is 0 Å². The normalized spacial score (nSPS) is 15.0. The first-order valence-corrected chi connectivity index (χ1v) is 8.79. The van der Waals surface area contributed by atoms with Gasteiger partial charge in [-0.15, -0.1) is 0 Å². The second-order valence-electron chi connectivity index (χ2n) is 6.13. The molecule has 0 aliphatic rings. The highest BCUT2D eigenvalue weighted by Crippen LogP contribution is 2.26. The van der Waals surface area contributed by atoms with E-state index in [1.54, 1.807) is 6.92 Å². The van der Waals surface area contributed by atoms with E-state index in [-0.39, 0.29) is 5.92 Å². The zero-order valence-electron chi connectivity index (χ0n) is 13.8. The van der Waals surface area contributed by atoms with Crippen molar-refractivity contribution in [2.45, 2.75) is 59.0 Å². The van der Waals surface area contributed by atoms with Gasteiger partial charge in [0.25, 0.3) is 0 Å². The van der Waals surface area contributed by atoms with Crippen LogP contribution in [0.4, 0.5) is 0 Å². The van der Waals surface area contributed by atoms with Crippen molar-refractivity contribution in [3.8, 4) is 0 Å². The van der Waals surface area contributed by atoms with Crippen molar-refractivity contribution in [3.05, 3.63) is 28.3 Å². The minimum atomic E-state index is -3.53. The molecule has 1 aromatic rings. The molecule has 1 rings (SSSR count). The summed E-state index contributed by atoms with van der Waals surface area (Å²) in [5.41, 5.74) is 3.56. The van der Waals surface area contributed by atoms with E-state index in [0.29, 0.717) is 17.9 Å². The summed E-state index contributed by atoms with van der Waals surface area (Å²) in [7, 11) is -3.53. The SMILES string of the molecule is Cc1cc(C)c(C)c(S(=O)(=O)NCC(C)CC(C)O)c1C. The number of sulfonamides is 1. The highest BCUT2D eigenvalue weighted by atomic mass is 32.2. The minimum Gasteiger partial charge on any atom is -0.393 e. The predicted octanol–water partition coefficient (Wildman–Crippen LogP) is 2.61. The first kappa shape index (κ1) is 18.1. The van der Waals surface area contributed by atoms with Crippen molar-refractivity contribution in [2.75, 3.05) is 6.54 Å². The Balaban J connectivity index is 3.04. The highest BCUT2D eigenvalue weighted by molar-refractivity contribution is 7.89. The van der Waals surface area contributed by atoms with Gasteiger partial charge in [-0.05, 0) is 69.2 Å². The Hall–Kier alpha value is -0.910. The van der Waals surface area contributed by atoms with E-state index in [2.05, 4.69) is 4.72 Å². The zero-order chi connectivity index (χ0) is 16.4. The van der Waals surface area contributed by atoms with Gasteiger partial charge in [0, 0.05) is 6.54 Å². The molecule has 0 heterocycles. The third-order valence-corrected chi connectivity index (χ3v) is 5.63. The van der Waals surface area contributed by atoms with Crippen LogP contribution >= 0.6 is 0 Å². The molecule has 0 aromatic heterocycles. The van der Waals surface area contributed by atoms with E-state index < -0.39 is 16.1 Å². The Labute approximate surface area is 128 Å². The molecule has 0 saturated heterocycles. The standard InChI is InChI=1S/C16H27NO3S/c1-10(7-13(4)18)9-17-21(19,20)16-14(5)11(2)8-12(3)15(16)6/h8,10,13,17-18H,7,9H2,1-6H3. The lowest BCUT2D eigenvalue weighted by Crippen LogP contribution is -2.31. The van der Waals surface area contributed by atoms with E-state index in [4.69, 9.17) is 0 Å². The molecular weight excluding hydrogens is 286 g/mol. The van der Waals surface area contributed by atoms with E-state index in [1.165, 1.54) is 0 Å². The van der Waals surface area contributed by atoms with Gasteiger partial charge in [-0.2, -0.15) is 0 Å². The third-order valence-electron chi connectivity index (χ3n) is 3.93. The summed E-state index contributed by atoms with van der Waals surface area (Å²) in [5, 5.41) is 9.35. The topological polar surface area (TPSA) is 66.4 Å². The zero-order valence-corrected chi connectivity index (χ0v) is 14.6. The summed E-state index contributed by atoms with van der Waals surface area (Å²) in [6.07, 6.45) is 0.155. The minimum absolute atomic E-state index is 0.0892. The summed E-state index contributed by atoms with van der Waals surface area (Å²) in [4.78, 5) is 0.393. The van der Waals surface area contributed by atoms with Crippen LogP contribution in [-0.4, -0.2) is 26.2 Å². The lowest BCUT2D eigenvalue weighted by atomic mass is 10.0.